The standard InChI is InChI=1S/C22H24O4S/c1-21(2)17-13-14-22(21,19(23)15-17)20(16-9-5-3-6-10-16)27(24,25)26-18-11-7-4-8-12-18/h3-12,17,20H,13-15H2,1-2H3. The summed E-state index contributed by atoms with van der Waals surface area (Å²) in [4.78, 5) is 13.2. The van der Waals surface area contributed by atoms with Crippen LogP contribution in [0.1, 0.15) is 43.9 Å². The number of carbonyl (C=O) groups is 1. The highest BCUT2D eigenvalue weighted by Gasteiger charge is 2.70. The van der Waals surface area contributed by atoms with Crippen LogP contribution in [0.25, 0.3) is 0 Å². The number of ketones is 1. The molecule has 5 heteroatoms. The fraction of sp³-hybridized carbons (Fsp3) is 0.409. The van der Waals surface area contributed by atoms with Crippen LogP contribution in [0.5, 0.6) is 5.75 Å². The highest BCUT2D eigenvalue weighted by atomic mass is 32.2. The van der Waals surface area contributed by atoms with Crippen molar-refractivity contribution in [3.8, 4) is 5.75 Å². The Kier molecular flexibility index (Phi) is 4.18. The van der Waals surface area contributed by atoms with Gasteiger partial charge in [0.1, 0.15) is 16.8 Å². The maximum absolute atomic E-state index is 13.5. The average molecular weight is 384 g/mol. The second kappa shape index (κ2) is 6.20. The molecule has 0 aromatic heterocycles. The maximum Gasteiger partial charge on any atom is 0.317 e. The van der Waals surface area contributed by atoms with Gasteiger partial charge in [0.25, 0.3) is 0 Å². The number of fused-ring (bicyclic) bond motifs is 2. The van der Waals surface area contributed by atoms with Gasteiger partial charge in [-0.1, -0.05) is 62.4 Å². The van der Waals surface area contributed by atoms with Crippen molar-refractivity contribution in [3.05, 3.63) is 66.2 Å². The van der Waals surface area contributed by atoms with Crippen LogP contribution in [0.4, 0.5) is 0 Å². The highest BCUT2D eigenvalue weighted by molar-refractivity contribution is 7.87. The third-order valence-corrected chi connectivity index (χ3v) is 8.46. The zero-order valence-electron chi connectivity index (χ0n) is 15.6. The van der Waals surface area contributed by atoms with Gasteiger partial charge in [-0.25, -0.2) is 0 Å². The van der Waals surface area contributed by atoms with Gasteiger partial charge in [0, 0.05) is 6.42 Å². The summed E-state index contributed by atoms with van der Waals surface area (Å²) in [5, 5.41) is -1.01. The highest BCUT2D eigenvalue weighted by Crippen LogP contribution is 2.69. The molecule has 2 bridgehead atoms. The molecule has 0 saturated heterocycles. The van der Waals surface area contributed by atoms with E-state index in [1.165, 1.54) is 0 Å². The van der Waals surface area contributed by atoms with Gasteiger partial charge in [0.05, 0.1) is 5.41 Å². The van der Waals surface area contributed by atoms with Crippen molar-refractivity contribution in [3.63, 3.8) is 0 Å². The number of Topliss-reactive ketones (excluding diaryl/α,β-unsaturated/α-hetero) is 1. The molecule has 142 valence electrons. The summed E-state index contributed by atoms with van der Waals surface area (Å²) in [5.74, 6) is 0.550. The minimum Gasteiger partial charge on any atom is -0.382 e. The van der Waals surface area contributed by atoms with E-state index in [9.17, 15) is 13.2 Å². The Morgan fingerprint density at radius 3 is 2.11 bits per heavy atom. The maximum atomic E-state index is 13.5. The van der Waals surface area contributed by atoms with Crippen LogP contribution in [0, 0.1) is 16.7 Å². The van der Waals surface area contributed by atoms with Crippen LogP contribution in [0.15, 0.2) is 60.7 Å². The van der Waals surface area contributed by atoms with E-state index >= 15 is 0 Å². The molecule has 0 N–H and O–H groups in total. The van der Waals surface area contributed by atoms with Gasteiger partial charge in [-0.15, -0.1) is 0 Å². The number of carbonyl (C=O) groups excluding carboxylic acids is 1. The van der Waals surface area contributed by atoms with E-state index in [0.29, 0.717) is 18.4 Å². The Morgan fingerprint density at radius 2 is 1.59 bits per heavy atom. The van der Waals surface area contributed by atoms with Gasteiger partial charge in [0.15, 0.2) is 0 Å². The van der Waals surface area contributed by atoms with E-state index in [1.54, 1.807) is 42.5 Å². The lowest BCUT2D eigenvalue weighted by molar-refractivity contribution is -0.129. The molecule has 4 nitrogen and oxygen atoms in total. The summed E-state index contributed by atoms with van der Waals surface area (Å²) < 4.78 is 32.6. The molecular weight excluding hydrogens is 360 g/mol. The molecule has 0 aliphatic heterocycles. The van der Waals surface area contributed by atoms with Crippen molar-refractivity contribution >= 4 is 15.9 Å². The van der Waals surface area contributed by atoms with Crippen molar-refractivity contribution in [1.29, 1.82) is 0 Å². The largest absolute Gasteiger partial charge is 0.382 e. The molecule has 0 spiro atoms. The minimum atomic E-state index is -4.08. The molecule has 2 aromatic carbocycles. The lowest BCUT2D eigenvalue weighted by Crippen LogP contribution is -2.45. The zero-order valence-corrected chi connectivity index (χ0v) is 16.4. The normalized spacial score (nSPS) is 27.5. The molecule has 27 heavy (non-hydrogen) atoms. The SMILES string of the molecule is CC1(C)C2CCC1(C(c1ccccc1)S(=O)(=O)Oc1ccccc1)C(=O)C2. The number of benzene rings is 2. The first-order chi connectivity index (χ1) is 12.8. The fourth-order valence-electron chi connectivity index (χ4n) is 5.31. The fourth-order valence-corrected chi connectivity index (χ4v) is 7.32. The summed E-state index contributed by atoms with van der Waals surface area (Å²) in [6, 6.07) is 17.6. The number of hydrogen-bond donors (Lipinski definition) is 0. The Balaban J connectivity index is 1.88. The summed E-state index contributed by atoms with van der Waals surface area (Å²) in [6.45, 7) is 4.09. The van der Waals surface area contributed by atoms with E-state index < -0.39 is 26.2 Å². The van der Waals surface area contributed by atoms with Crippen molar-refractivity contribution in [1.82, 2.24) is 0 Å². The van der Waals surface area contributed by atoms with Crippen molar-refractivity contribution < 1.29 is 17.4 Å². The number of rotatable bonds is 5. The van der Waals surface area contributed by atoms with Gasteiger partial charge >= 0.3 is 10.1 Å². The van der Waals surface area contributed by atoms with E-state index in [1.807, 2.05) is 32.0 Å². The predicted octanol–water partition coefficient (Wildman–Crippen LogP) is 4.53. The zero-order chi connectivity index (χ0) is 19.3. The van der Waals surface area contributed by atoms with Crippen LogP contribution in [0.2, 0.25) is 0 Å². The van der Waals surface area contributed by atoms with Crippen LogP contribution < -0.4 is 4.18 Å². The lowest BCUT2D eigenvalue weighted by atomic mass is 9.65. The van der Waals surface area contributed by atoms with Crippen LogP contribution in [-0.2, 0) is 14.9 Å². The van der Waals surface area contributed by atoms with Crippen molar-refractivity contribution in [2.24, 2.45) is 16.7 Å². The minimum absolute atomic E-state index is 0.0536. The Bertz CT molecular complexity index is 950. The first-order valence-corrected chi connectivity index (χ1v) is 10.8. The third-order valence-electron chi connectivity index (χ3n) is 6.78. The number of hydrogen-bond acceptors (Lipinski definition) is 4. The van der Waals surface area contributed by atoms with E-state index in [-0.39, 0.29) is 17.5 Å². The monoisotopic (exact) mass is 384 g/mol. The molecule has 3 atom stereocenters. The van der Waals surface area contributed by atoms with Crippen molar-refractivity contribution in [2.75, 3.05) is 0 Å². The van der Waals surface area contributed by atoms with E-state index in [0.717, 1.165) is 6.42 Å². The smallest absolute Gasteiger partial charge is 0.317 e. The molecule has 4 rings (SSSR count). The molecular formula is C22H24O4S. The van der Waals surface area contributed by atoms with Gasteiger partial charge in [-0.2, -0.15) is 8.42 Å². The Morgan fingerprint density at radius 1 is 1.00 bits per heavy atom. The second-order valence-electron chi connectivity index (χ2n) is 8.24. The topological polar surface area (TPSA) is 60.4 Å². The lowest BCUT2D eigenvalue weighted by Gasteiger charge is -2.42. The second-order valence-corrected chi connectivity index (χ2v) is 9.86. The Labute approximate surface area is 160 Å². The molecule has 2 fully saturated rings. The summed E-state index contributed by atoms with van der Waals surface area (Å²) >= 11 is 0. The summed E-state index contributed by atoms with van der Waals surface area (Å²) in [6.07, 6.45) is 1.92. The van der Waals surface area contributed by atoms with E-state index in [4.69, 9.17) is 4.18 Å². The van der Waals surface area contributed by atoms with Gasteiger partial charge < -0.3 is 4.18 Å². The van der Waals surface area contributed by atoms with Crippen LogP contribution in [0.3, 0.4) is 0 Å². The molecule has 2 saturated carbocycles. The summed E-state index contributed by atoms with van der Waals surface area (Å²) in [5.41, 5.74) is -0.720. The average Bonchev–Trinajstić information content (AvgIpc) is 2.98. The first-order valence-electron chi connectivity index (χ1n) is 9.35. The van der Waals surface area contributed by atoms with Gasteiger partial charge in [0.2, 0.25) is 0 Å². The third kappa shape index (κ3) is 2.63. The predicted molar refractivity (Wildman–Crippen MR) is 104 cm³/mol. The van der Waals surface area contributed by atoms with Gasteiger partial charge in [-0.3, -0.25) is 4.79 Å². The molecule has 2 aliphatic rings. The van der Waals surface area contributed by atoms with E-state index in [2.05, 4.69) is 0 Å². The summed E-state index contributed by atoms with van der Waals surface area (Å²) in [7, 11) is -4.08. The van der Waals surface area contributed by atoms with Crippen molar-refractivity contribution in [2.45, 2.75) is 38.4 Å². The van der Waals surface area contributed by atoms with Gasteiger partial charge in [-0.05, 0) is 41.9 Å². The molecule has 3 unspecified atom stereocenters. The molecule has 0 heterocycles. The molecule has 0 amide bonds. The first kappa shape index (κ1) is 18.2. The van der Waals surface area contributed by atoms with Crippen LogP contribution >= 0.6 is 0 Å². The quantitative estimate of drug-likeness (QED) is 0.711. The molecule has 0 radical (unpaired) electrons. The number of para-hydroxylation sites is 1. The Hall–Kier alpha value is -2.14. The molecule has 2 aromatic rings. The van der Waals surface area contributed by atoms with Crippen LogP contribution in [-0.4, -0.2) is 14.2 Å². The molecule has 2 aliphatic carbocycles.